The van der Waals surface area contributed by atoms with Gasteiger partial charge in [0.05, 0.1) is 0 Å². The van der Waals surface area contributed by atoms with Crippen molar-refractivity contribution in [2.24, 2.45) is 0 Å². The van der Waals surface area contributed by atoms with Gasteiger partial charge in [0, 0.05) is 5.25 Å². The quantitative estimate of drug-likeness (QED) is 0.654. The molecule has 0 radical (unpaired) electrons. The highest BCUT2D eigenvalue weighted by molar-refractivity contribution is 14.0. The summed E-state index contributed by atoms with van der Waals surface area (Å²) < 4.78 is 0. The molecule has 1 aliphatic carbocycles. The predicted octanol–water partition coefficient (Wildman–Crippen LogP) is 4.08. The van der Waals surface area contributed by atoms with Crippen LogP contribution in [-0.2, 0) is 0 Å². The van der Waals surface area contributed by atoms with Crippen molar-refractivity contribution in [2.75, 3.05) is 6.26 Å². The number of hydrogen-bond donors (Lipinski definition) is 0. The van der Waals surface area contributed by atoms with Gasteiger partial charge in [0.25, 0.3) is 0 Å². The fraction of sp³-hybridized carbons (Fsp3) is 1.00. The van der Waals surface area contributed by atoms with Gasteiger partial charge in [0.2, 0.25) is 0 Å². The first kappa shape index (κ1) is 12.1. The van der Waals surface area contributed by atoms with Gasteiger partial charge >= 0.3 is 0 Å². The maximum absolute atomic E-state index is 2.26. The zero-order valence-electron chi connectivity index (χ0n) is 7.34. The van der Waals surface area contributed by atoms with Gasteiger partial charge in [-0.1, -0.05) is 32.1 Å². The molecule has 0 bridgehead atoms. The van der Waals surface area contributed by atoms with Gasteiger partial charge in [-0.25, -0.2) is 0 Å². The molecule has 2 heteroatoms. The first-order valence-corrected chi connectivity index (χ1v) is 5.75. The summed E-state index contributed by atoms with van der Waals surface area (Å²) in [4.78, 5) is 0. The first-order chi connectivity index (χ1) is 4.93. The Balaban J connectivity index is 0.000001000. The van der Waals surface area contributed by atoms with Crippen molar-refractivity contribution < 1.29 is 0 Å². The maximum Gasteiger partial charge on any atom is 0.00442 e. The number of rotatable bonds is 1. The Bertz CT molecular complexity index is 77.6. The summed E-state index contributed by atoms with van der Waals surface area (Å²) in [7, 11) is 0. The van der Waals surface area contributed by atoms with E-state index in [-0.39, 0.29) is 24.0 Å². The molecule has 0 aliphatic heterocycles. The van der Waals surface area contributed by atoms with Gasteiger partial charge in [0.1, 0.15) is 0 Å². The molecule has 68 valence electrons. The minimum absolute atomic E-state index is 0. The second-order valence-corrected chi connectivity index (χ2v) is 4.34. The van der Waals surface area contributed by atoms with Gasteiger partial charge in [-0.05, 0) is 19.1 Å². The largest absolute Gasteiger partial charge is 0.162 e. The Morgan fingerprint density at radius 2 is 1.36 bits per heavy atom. The maximum atomic E-state index is 2.26. The van der Waals surface area contributed by atoms with Crippen LogP contribution in [0.1, 0.15) is 44.9 Å². The molecule has 0 heterocycles. The third-order valence-corrected chi connectivity index (χ3v) is 3.52. The summed E-state index contributed by atoms with van der Waals surface area (Å²) in [5.74, 6) is 0. The Morgan fingerprint density at radius 1 is 0.909 bits per heavy atom. The lowest BCUT2D eigenvalue weighted by molar-refractivity contribution is 0.513. The van der Waals surface area contributed by atoms with E-state index in [1.54, 1.807) is 0 Å². The van der Waals surface area contributed by atoms with E-state index in [1.165, 1.54) is 44.9 Å². The van der Waals surface area contributed by atoms with Crippen molar-refractivity contribution in [1.82, 2.24) is 0 Å². The molecule has 1 aliphatic rings. The molecular formula is C9H19IS. The van der Waals surface area contributed by atoms with Crippen LogP contribution in [0.5, 0.6) is 0 Å². The topological polar surface area (TPSA) is 0 Å². The van der Waals surface area contributed by atoms with Crippen LogP contribution in [0.25, 0.3) is 0 Å². The van der Waals surface area contributed by atoms with Crippen LogP contribution in [0.2, 0.25) is 0 Å². The molecule has 0 aromatic rings. The summed E-state index contributed by atoms with van der Waals surface area (Å²) in [5.41, 5.74) is 0. The van der Waals surface area contributed by atoms with Crippen LogP contribution >= 0.6 is 35.7 Å². The van der Waals surface area contributed by atoms with Crippen LogP contribution in [-0.4, -0.2) is 11.5 Å². The van der Waals surface area contributed by atoms with Crippen molar-refractivity contribution in [3.05, 3.63) is 0 Å². The van der Waals surface area contributed by atoms with Crippen molar-refractivity contribution in [3.63, 3.8) is 0 Å². The molecule has 1 fully saturated rings. The van der Waals surface area contributed by atoms with Crippen molar-refractivity contribution in [3.8, 4) is 0 Å². The smallest absolute Gasteiger partial charge is 0.00442 e. The normalized spacial score (nSPS) is 21.5. The van der Waals surface area contributed by atoms with E-state index >= 15 is 0 Å². The Hall–Kier alpha value is 1.08. The van der Waals surface area contributed by atoms with Gasteiger partial charge in [0.15, 0.2) is 0 Å². The Labute approximate surface area is 91.9 Å². The van der Waals surface area contributed by atoms with Crippen LogP contribution in [0.4, 0.5) is 0 Å². The lowest BCUT2D eigenvalue weighted by Crippen LogP contribution is -2.04. The molecular weight excluding hydrogens is 267 g/mol. The molecule has 0 nitrogen and oxygen atoms in total. The van der Waals surface area contributed by atoms with Crippen molar-refractivity contribution in [1.29, 1.82) is 0 Å². The molecule has 0 saturated heterocycles. The van der Waals surface area contributed by atoms with Crippen LogP contribution in [0.3, 0.4) is 0 Å². The molecule has 0 amide bonds. The highest BCUT2D eigenvalue weighted by Gasteiger charge is 2.08. The minimum Gasteiger partial charge on any atom is -0.162 e. The molecule has 0 aromatic heterocycles. The first-order valence-electron chi connectivity index (χ1n) is 4.46. The second kappa shape index (κ2) is 7.71. The average molecular weight is 286 g/mol. The van der Waals surface area contributed by atoms with E-state index in [0.29, 0.717) is 0 Å². The third kappa shape index (κ3) is 5.34. The third-order valence-electron chi connectivity index (χ3n) is 2.39. The fourth-order valence-electron chi connectivity index (χ4n) is 1.65. The van der Waals surface area contributed by atoms with E-state index < -0.39 is 0 Å². The molecule has 0 N–H and O–H groups in total. The summed E-state index contributed by atoms with van der Waals surface area (Å²) in [5, 5.41) is 0.986. The predicted molar refractivity (Wildman–Crippen MR) is 65.0 cm³/mol. The summed E-state index contributed by atoms with van der Waals surface area (Å²) in [6.07, 6.45) is 12.6. The lowest BCUT2D eigenvalue weighted by Gasteiger charge is -2.16. The van der Waals surface area contributed by atoms with E-state index in [0.717, 1.165) is 5.25 Å². The second-order valence-electron chi connectivity index (χ2n) is 3.20. The highest BCUT2D eigenvalue weighted by Crippen LogP contribution is 2.24. The van der Waals surface area contributed by atoms with Crippen LogP contribution < -0.4 is 0 Å². The van der Waals surface area contributed by atoms with Crippen molar-refractivity contribution >= 4 is 35.7 Å². The standard InChI is InChI=1S/C9H18S.HI/c1-10-9-7-5-3-2-4-6-8-9;/h9H,2-8H2,1H3;1H. The summed E-state index contributed by atoms with van der Waals surface area (Å²) in [6, 6.07) is 0. The molecule has 0 atom stereocenters. The summed E-state index contributed by atoms with van der Waals surface area (Å²) in [6.45, 7) is 0. The van der Waals surface area contributed by atoms with E-state index in [4.69, 9.17) is 0 Å². The van der Waals surface area contributed by atoms with Gasteiger partial charge in [-0.3, -0.25) is 0 Å². The Morgan fingerprint density at radius 3 is 1.82 bits per heavy atom. The fourth-order valence-corrected chi connectivity index (χ4v) is 2.46. The lowest BCUT2D eigenvalue weighted by atomic mass is 10.0. The molecule has 0 aromatic carbocycles. The van der Waals surface area contributed by atoms with Gasteiger partial charge < -0.3 is 0 Å². The molecule has 11 heavy (non-hydrogen) atoms. The van der Waals surface area contributed by atoms with Crippen LogP contribution in [0, 0.1) is 0 Å². The minimum atomic E-state index is 0. The molecule has 1 rings (SSSR count). The highest BCUT2D eigenvalue weighted by atomic mass is 127. The van der Waals surface area contributed by atoms with Crippen LogP contribution in [0.15, 0.2) is 0 Å². The number of halogens is 1. The average Bonchev–Trinajstić information content (AvgIpc) is 1.87. The van der Waals surface area contributed by atoms with Gasteiger partial charge in [-0.15, -0.1) is 24.0 Å². The SMILES string of the molecule is CSC1CCCCCCC1.I. The molecule has 1 saturated carbocycles. The monoisotopic (exact) mass is 286 g/mol. The zero-order chi connectivity index (χ0) is 7.23. The zero-order valence-corrected chi connectivity index (χ0v) is 10.5. The van der Waals surface area contributed by atoms with Crippen molar-refractivity contribution in [2.45, 2.75) is 50.2 Å². The number of thioether (sulfide) groups is 1. The van der Waals surface area contributed by atoms with Gasteiger partial charge in [-0.2, -0.15) is 11.8 Å². The molecule has 0 unspecified atom stereocenters. The van der Waals surface area contributed by atoms with E-state index in [9.17, 15) is 0 Å². The Kier molecular flexibility index (Phi) is 8.47. The summed E-state index contributed by atoms with van der Waals surface area (Å²) >= 11 is 2.07. The number of hydrogen-bond acceptors (Lipinski definition) is 1. The van der Waals surface area contributed by atoms with E-state index in [1.807, 2.05) is 0 Å². The van der Waals surface area contributed by atoms with E-state index in [2.05, 4.69) is 18.0 Å². The molecule has 0 spiro atoms.